The molecule has 1 heterocycles. The van der Waals surface area contributed by atoms with Crippen molar-refractivity contribution in [2.24, 2.45) is 11.8 Å². The van der Waals surface area contributed by atoms with Crippen LogP contribution >= 0.6 is 0 Å². The highest BCUT2D eigenvalue weighted by Gasteiger charge is 2.46. The van der Waals surface area contributed by atoms with Gasteiger partial charge in [0.15, 0.2) is 0 Å². The molecule has 1 aromatic rings. The first kappa shape index (κ1) is 14.7. The van der Waals surface area contributed by atoms with Crippen molar-refractivity contribution in [1.82, 2.24) is 0 Å². The van der Waals surface area contributed by atoms with Gasteiger partial charge in [-0.2, -0.15) is 0 Å². The van der Waals surface area contributed by atoms with Gasteiger partial charge in [-0.3, -0.25) is 10.1 Å². The summed E-state index contributed by atoms with van der Waals surface area (Å²) in [5.74, 6) is -0.0595. The number of ether oxygens (including phenoxy) is 1. The maximum atomic E-state index is 11.4. The first-order valence-electron chi connectivity index (χ1n) is 7.01. The predicted octanol–water partition coefficient (Wildman–Crippen LogP) is 3.62. The van der Waals surface area contributed by atoms with Gasteiger partial charge in [-0.1, -0.05) is 50.3 Å². The lowest BCUT2D eigenvalue weighted by Gasteiger charge is -2.38. The second kappa shape index (κ2) is 6.18. The molecule has 4 nitrogen and oxygen atoms in total. The molecule has 0 bridgehead atoms. The van der Waals surface area contributed by atoms with Crippen molar-refractivity contribution >= 4 is 0 Å². The number of benzene rings is 1. The smallest absolute Gasteiger partial charge is 0.245 e. The van der Waals surface area contributed by atoms with Gasteiger partial charge in [0.05, 0.1) is 6.10 Å². The normalized spacial score (nSPS) is 30.1. The largest absolute Gasteiger partial charge is 0.363 e. The van der Waals surface area contributed by atoms with E-state index in [-0.39, 0.29) is 29.0 Å². The fourth-order valence-electron chi connectivity index (χ4n) is 2.90. The Morgan fingerprint density at radius 2 is 2.05 bits per heavy atom. The zero-order valence-electron chi connectivity index (χ0n) is 11.9. The zero-order valence-corrected chi connectivity index (χ0v) is 11.9. The monoisotopic (exact) mass is 275 g/mol. The van der Waals surface area contributed by atoms with Crippen LogP contribution in [-0.2, 0) is 4.74 Å². The topological polar surface area (TPSA) is 52.4 Å². The van der Waals surface area contributed by atoms with Gasteiger partial charge in [-0.15, -0.1) is 6.58 Å². The molecule has 0 unspecified atom stereocenters. The van der Waals surface area contributed by atoms with Gasteiger partial charge in [0, 0.05) is 10.8 Å². The SMILES string of the molecule is C=C[C@H]1C[C@@H](c2ccccc2)O[C@@H](C(C)C)[C@@H]1[N+](=O)[O-]. The maximum absolute atomic E-state index is 11.4. The van der Waals surface area contributed by atoms with Crippen molar-refractivity contribution < 1.29 is 9.66 Å². The van der Waals surface area contributed by atoms with Crippen molar-refractivity contribution in [3.63, 3.8) is 0 Å². The minimum absolute atomic E-state index is 0.0946. The third-order valence-corrected chi connectivity index (χ3v) is 3.96. The molecule has 20 heavy (non-hydrogen) atoms. The summed E-state index contributed by atoms with van der Waals surface area (Å²) in [7, 11) is 0. The van der Waals surface area contributed by atoms with Crippen LogP contribution < -0.4 is 0 Å². The van der Waals surface area contributed by atoms with Crippen molar-refractivity contribution in [2.75, 3.05) is 0 Å². The molecule has 108 valence electrons. The van der Waals surface area contributed by atoms with E-state index in [9.17, 15) is 10.1 Å². The van der Waals surface area contributed by atoms with Gasteiger partial charge in [0.25, 0.3) is 0 Å². The maximum Gasteiger partial charge on any atom is 0.245 e. The summed E-state index contributed by atoms with van der Waals surface area (Å²) in [5, 5.41) is 11.4. The van der Waals surface area contributed by atoms with Crippen molar-refractivity contribution in [3.05, 3.63) is 58.7 Å². The summed E-state index contributed by atoms with van der Waals surface area (Å²) in [5.41, 5.74) is 1.08. The summed E-state index contributed by atoms with van der Waals surface area (Å²) in [6.45, 7) is 7.71. The Bertz CT molecular complexity index is 472. The van der Waals surface area contributed by atoms with Gasteiger partial charge in [-0.05, 0) is 17.9 Å². The van der Waals surface area contributed by atoms with E-state index >= 15 is 0 Å². The Labute approximate surface area is 119 Å². The van der Waals surface area contributed by atoms with E-state index in [1.807, 2.05) is 44.2 Å². The number of nitro groups is 1. The van der Waals surface area contributed by atoms with Gasteiger partial charge in [0.2, 0.25) is 6.04 Å². The third-order valence-electron chi connectivity index (χ3n) is 3.96. The Balaban J connectivity index is 2.29. The fourth-order valence-corrected chi connectivity index (χ4v) is 2.90. The third kappa shape index (κ3) is 2.90. The summed E-state index contributed by atoms with van der Waals surface area (Å²) in [4.78, 5) is 11.1. The summed E-state index contributed by atoms with van der Waals surface area (Å²) in [6.07, 6.45) is 1.85. The summed E-state index contributed by atoms with van der Waals surface area (Å²) in [6, 6.07) is 9.20. The molecule has 4 atom stereocenters. The minimum Gasteiger partial charge on any atom is -0.363 e. The van der Waals surface area contributed by atoms with E-state index in [2.05, 4.69) is 6.58 Å². The summed E-state index contributed by atoms with van der Waals surface area (Å²) < 4.78 is 6.05. The fraction of sp³-hybridized carbons (Fsp3) is 0.500. The molecule has 1 saturated heterocycles. The second-order valence-electron chi connectivity index (χ2n) is 5.66. The van der Waals surface area contributed by atoms with Crippen LogP contribution in [0.2, 0.25) is 0 Å². The van der Waals surface area contributed by atoms with E-state index in [1.54, 1.807) is 6.08 Å². The molecule has 0 aliphatic carbocycles. The molecule has 1 fully saturated rings. The highest BCUT2D eigenvalue weighted by Crippen LogP contribution is 2.39. The molecule has 0 saturated carbocycles. The van der Waals surface area contributed by atoms with Crippen LogP contribution in [0.1, 0.15) is 31.9 Å². The number of rotatable bonds is 4. The van der Waals surface area contributed by atoms with Crippen LogP contribution in [0.15, 0.2) is 43.0 Å². The summed E-state index contributed by atoms with van der Waals surface area (Å²) >= 11 is 0. The van der Waals surface area contributed by atoms with Gasteiger partial charge in [0.1, 0.15) is 6.10 Å². The molecule has 1 aliphatic rings. The molecule has 0 amide bonds. The second-order valence-corrected chi connectivity index (χ2v) is 5.66. The van der Waals surface area contributed by atoms with E-state index < -0.39 is 6.04 Å². The molecule has 0 N–H and O–H groups in total. The first-order chi connectivity index (χ1) is 9.54. The van der Waals surface area contributed by atoms with E-state index in [1.165, 1.54) is 0 Å². The van der Waals surface area contributed by atoms with Crippen LogP contribution in [0.3, 0.4) is 0 Å². The average molecular weight is 275 g/mol. The zero-order chi connectivity index (χ0) is 14.7. The van der Waals surface area contributed by atoms with Crippen LogP contribution in [0.25, 0.3) is 0 Å². The van der Waals surface area contributed by atoms with E-state index in [0.29, 0.717) is 6.42 Å². The molecule has 0 radical (unpaired) electrons. The lowest BCUT2D eigenvalue weighted by Crippen LogP contribution is -2.48. The number of hydrogen-bond donors (Lipinski definition) is 0. The van der Waals surface area contributed by atoms with Crippen molar-refractivity contribution in [1.29, 1.82) is 0 Å². The first-order valence-corrected chi connectivity index (χ1v) is 7.01. The quantitative estimate of drug-likeness (QED) is 0.479. The molecular weight excluding hydrogens is 254 g/mol. The lowest BCUT2D eigenvalue weighted by atomic mass is 9.81. The van der Waals surface area contributed by atoms with Crippen molar-refractivity contribution in [2.45, 2.75) is 38.5 Å². The average Bonchev–Trinajstić information content (AvgIpc) is 2.46. The van der Waals surface area contributed by atoms with E-state index in [0.717, 1.165) is 5.56 Å². The predicted molar refractivity (Wildman–Crippen MR) is 78.0 cm³/mol. The molecule has 2 rings (SSSR count). The Morgan fingerprint density at radius 3 is 2.55 bits per heavy atom. The molecule has 1 aromatic carbocycles. The molecular formula is C16H21NO3. The highest BCUT2D eigenvalue weighted by atomic mass is 16.6. The minimum atomic E-state index is -0.701. The van der Waals surface area contributed by atoms with E-state index in [4.69, 9.17) is 4.74 Å². The molecule has 4 heteroatoms. The van der Waals surface area contributed by atoms with Crippen LogP contribution in [-0.4, -0.2) is 17.1 Å². The standard InChI is InChI=1S/C16H21NO3/c1-4-12-10-14(13-8-6-5-7-9-13)20-16(11(2)3)15(12)17(18)19/h4-9,11-12,14-16H,1,10H2,2-3H3/t12-,14-,15+,16-/m0/s1. The highest BCUT2D eigenvalue weighted by molar-refractivity contribution is 5.19. The molecule has 0 aromatic heterocycles. The Hall–Kier alpha value is -1.68. The Morgan fingerprint density at radius 1 is 1.40 bits per heavy atom. The number of nitrogens with zero attached hydrogens (tertiary/aromatic N) is 1. The number of hydrogen-bond acceptors (Lipinski definition) is 3. The molecule has 0 spiro atoms. The van der Waals surface area contributed by atoms with Crippen molar-refractivity contribution in [3.8, 4) is 0 Å². The van der Waals surface area contributed by atoms with Crippen LogP contribution in [0.5, 0.6) is 0 Å². The molecule has 1 aliphatic heterocycles. The van der Waals surface area contributed by atoms with Gasteiger partial charge >= 0.3 is 0 Å². The van der Waals surface area contributed by atoms with Crippen LogP contribution in [0, 0.1) is 22.0 Å². The van der Waals surface area contributed by atoms with Gasteiger partial charge < -0.3 is 4.74 Å². The van der Waals surface area contributed by atoms with Crippen LogP contribution in [0.4, 0.5) is 0 Å². The Kier molecular flexibility index (Phi) is 4.55. The van der Waals surface area contributed by atoms with Gasteiger partial charge in [-0.25, -0.2) is 0 Å². The lowest BCUT2D eigenvalue weighted by molar-refractivity contribution is -0.552.